The molecule has 22 heavy (non-hydrogen) atoms. The third kappa shape index (κ3) is 4.42. The summed E-state index contributed by atoms with van der Waals surface area (Å²) in [7, 11) is 3.04. The summed E-state index contributed by atoms with van der Waals surface area (Å²) in [5.41, 5.74) is 0.426. The fourth-order valence-corrected chi connectivity index (χ4v) is 2.54. The van der Waals surface area contributed by atoms with E-state index in [1.165, 1.54) is 14.2 Å². The Bertz CT molecular complexity index is 519. The molecule has 1 fully saturated rings. The topological polar surface area (TPSA) is 68.8 Å². The number of amides is 1. The van der Waals surface area contributed by atoms with Gasteiger partial charge in [-0.25, -0.2) is 4.79 Å². The van der Waals surface area contributed by atoms with Crippen LogP contribution in [0.4, 0.5) is 10.5 Å². The Hall–Kier alpha value is -1.66. The van der Waals surface area contributed by atoms with E-state index in [2.05, 4.69) is 10.6 Å². The molecule has 2 N–H and O–H groups in total. The zero-order chi connectivity index (χ0) is 15.9. The summed E-state index contributed by atoms with van der Waals surface area (Å²) >= 11 is 6.12. The third-order valence-electron chi connectivity index (χ3n) is 3.62. The van der Waals surface area contributed by atoms with Gasteiger partial charge in [-0.05, 0) is 31.8 Å². The maximum Gasteiger partial charge on any atom is 0.411 e. The normalized spacial score (nSPS) is 15.2. The highest BCUT2D eigenvalue weighted by atomic mass is 35.5. The van der Waals surface area contributed by atoms with Crippen LogP contribution in [0.25, 0.3) is 0 Å². The molecular formula is C15H21ClN2O4. The van der Waals surface area contributed by atoms with Crippen molar-refractivity contribution >= 4 is 23.4 Å². The van der Waals surface area contributed by atoms with Gasteiger partial charge >= 0.3 is 6.09 Å². The van der Waals surface area contributed by atoms with Gasteiger partial charge in [0.25, 0.3) is 0 Å². The van der Waals surface area contributed by atoms with Crippen LogP contribution in [0.15, 0.2) is 12.1 Å². The molecule has 0 radical (unpaired) electrons. The van der Waals surface area contributed by atoms with Crippen molar-refractivity contribution in [1.82, 2.24) is 5.32 Å². The number of halogens is 1. The molecule has 0 atom stereocenters. The van der Waals surface area contributed by atoms with Gasteiger partial charge in [-0.15, -0.1) is 0 Å². The largest absolute Gasteiger partial charge is 0.493 e. The second-order valence-corrected chi connectivity index (χ2v) is 5.51. The fraction of sp³-hybridized carbons (Fsp3) is 0.533. The Kier molecular flexibility index (Phi) is 6.15. The average molecular weight is 329 g/mol. The van der Waals surface area contributed by atoms with Crippen molar-refractivity contribution < 1.29 is 19.0 Å². The molecule has 2 rings (SSSR count). The maximum atomic E-state index is 11.9. The van der Waals surface area contributed by atoms with E-state index >= 15 is 0 Å². The summed E-state index contributed by atoms with van der Waals surface area (Å²) in [6, 6.07) is 3.19. The SMILES string of the molecule is COc1cc(Cl)c(NC(=O)OCC2CCNCC2)cc1OC. The number of rotatable bonds is 5. The van der Waals surface area contributed by atoms with Gasteiger partial charge in [0, 0.05) is 12.1 Å². The summed E-state index contributed by atoms with van der Waals surface area (Å²) in [5, 5.41) is 6.26. The molecule has 1 amide bonds. The average Bonchev–Trinajstić information content (AvgIpc) is 2.55. The number of nitrogens with one attached hydrogen (secondary N) is 2. The number of carbonyl (C=O) groups excluding carboxylic acids is 1. The Balaban J connectivity index is 1.93. The first kappa shape index (κ1) is 16.7. The maximum absolute atomic E-state index is 11.9. The monoisotopic (exact) mass is 328 g/mol. The van der Waals surface area contributed by atoms with Gasteiger partial charge < -0.3 is 19.5 Å². The summed E-state index contributed by atoms with van der Waals surface area (Å²) < 4.78 is 15.6. The van der Waals surface area contributed by atoms with Crippen LogP contribution < -0.4 is 20.1 Å². The second-order valence-electron chi connectivity index (χ2n) is 5.10. The molecule has 1 aromatic carbocycles. The van der Waals surface area contributed by atoms with Crippen LogP contribution in [0.2, 0.25) is 5.02 Å². The molecule has 1 aliphatic heterocycles. The molecule has 1 aromatic rings. The minimum Gasteiger partial charge on any atom is -0.493 e. The molecule has 0 spiro atoms. The van der Waals surface area contributed by atoms with Crippen molar-refractivity contribution in [3.8, 4) is 11.5 Å². The minimum absolute atomic E-state index is 0.358. The van der Waals surface area contributed by atoms with E-state index in [4.69, 9.17) is 25.8 Å². The molecule has 1 saturated heterocycles. The molecule has 0 saturated carbocycles. The van der Waals surface area contributed by atoms with E-state index in [0.29, 0.717) is 34.7 Å². The number of hydrogen-bond donors (Lipinski definition) is 2. The number of ether oxygens (including phenoxy) is 3. The van der Waals surface area contributed by atoms with Gasteiger partial charge in [0.2, 0.25) is 0 Å². The van der Waals surface area contributed by atoms with E-state index in [1.807, 2.05) is 0 Å². The lowest BCUT2D eigenvalue weighted by Crippen LogP contribution is -2.31. The first-order chi connectivity index (χ1) is 10.6. The van der Waals surface area contributed by atoms with Crippen LogP contribution >= 0.6 is 11.6 Å². The lowest BCUT2D eigenvalue weighted by Gasteiger charge is -2.22. The number of benzene rings is 1. The van der Waals surface area contributed by atoms with Crippen molar-refractivity contribution in [2.75, 3.05) is 39.2 Å². The number of methoxy groups -OCH3 is 2. The van der Waals surface area contributed by atoms with Crippen LogP contribution in [0.5, 0.6) is 11.5 Å². The zero-order valence-corrected chi connectivity index (χ0v) is 13.5. The summed E-state index contributed by atoms with van der Waals surface area (Å²) in [5.74, 6) is 1.40. The molecule has 0 aliphatic carbocycles. The first-order valence-electron chi connectivity index (χ1n) is 7.20. The Morgan fingerprint density at radius 1 is 1.27 bits per heavy atom. The van der Waals surface area contributed by atoms with Crippen LogP contribution in [0, 0.1) is 5.92 Å². The van der Waals surface area contributed by atoms with Crippen LogP contribution in [-0.4, -0.2) is 40.0 Å². The molecule has 0 bridgehead atoms. The highest BCUT2D eigenvalue weighted by molar-refractivity contribution is 6.33. The van der Waals surface area contributed by atoms with Gasteiger partial charge in [0.05, 0.1) is 31.5 Å². The molecule has 0 unspecified atom stereocenters. The van der Waals surface area contributed by atoms with Crippen molar-refractivity contribution in [2.24, 2.45) is 5.92 Å². The van der Waals surface area contributed by atoms with Gasteiger partial charge in [0.1, 0.15) is 0 Å². The zero-order valence-electron chi connectivity index (χ0n) is 12.8. The van der Waals surface area contributed by atoms with Crippen LogP contribution in [-0.2, 0) is 4.74 Å². The Morgan fingerprint density at radius 3 is 2.55 bits per heavy atom. The molecular weight excluding hydrogens is 308 g/mol. The van der Waals surface area contributed by atoms with Crippen molar-refractivity contribution in [3.63, 3.8) is 0 Å². The standard InChI is InChI=1S/C15H21ClN2O4/c1-20-13-7-11(16)12(8-14(13)21-2)18-15(19)22-9-10-3-5-17-6-4-10/h7-8,10,17H,3-6,9H2,1-2H3,(H,18,19). The molecule has 0 aromatic heterocycles. The molecule has 1 heterocycles. The third-order valence-corrected chi connectivity index (χ3v) is 3.93. The van der Waals surface area contributed by atoms with Crippen molar-refractivity contribution in [2.45, 2.75) is 12.8 Å². The Morgan fingerprint density at radius 2 is 1.91 bits per heavy atom. The van der Waals surface area contributed by atoms with Gasteiger partial charge in [-0.3, -0.25) is 5.32 Å². The van der Waals surface area contributed by atoms with Gasteiger partial charge in [-0.2, -0.15) is 0 Å². The van der Waals surface area contributed by atoms with E-state index in [-0.39, 0.29) is 0 Å². The summed E-state index contributed by atoms with van der Waals surface area (Å²) in [4.78, 5) is 11.9. The van der Waals surface area contributed by atoms with Crippen molar-refractivity contribution in [1.29, 1.82) is 0 Å². The van der Waals surface area contributed by atoms with Crippen LogP contribution in [0.3, 0.4) is 0 Å². The number of carbonyl (C=O) groups is 1. The second kappa shape index (κ2) is 8.10. The molecule has 6 nitrogen and oxygen atoms in total. The molecule has 7 heteroatoms. The number of hydrogen-bond acceptors (Lipinski definition) is 5. The first-order valence-corrected chi connectivity index (χ1v) is 7.58. The van der Waals surface area contributed by atoms with E-state index in [9.17, 15) is 4.79 Å². The highest BCUT2D eigenvalue weighted by Crippen LogP contribution is 2.36. The lowest BCUT2D eigenvalue weighted by molar-refractivity contribution is 0.131. The fourth-order valence-electron chi connectivity index (χ4n) is 2.34. The van der Waals surface area contributed by atoms with Gasteiger partial charge in [-0.1, -0.05) is 11.6 Å². The number of piperidine rings is 1. The lowest BCUT2D eigenvalue weighted by atomic mass is 9.99. The minimum atomic E-state index is -0.521. The Labute approximate surface area is 135 Å². The predicted molar refractivity (Wildman–Crippen MR) is 85.1 cm³/mol. The molecule has 122 valence electrons. The summed E-state index contributed by atoms with van der Waals surface area (Å²) in [6.07, 6.45) is 1.52. The highest BCUT2D eigenvalue weighted by Gasteiger charge is 2.17. The van der Waals surface area contributed by atoms with Crippen LogP contribution in [0.1, 0.15) is 12.8 Å². The van der Waals surface area contributed by atoms with E-state index in [0.717, 1.165) is 25.9 Å². The smallest absolute Gasteiger partial charge is 0.411 e. The predicted octanol–water partition coefficient (Wildman–Crippen LogP) is 2.91. The van der Waals surface area contributed by atoms with Crippen molar-refractivity contribution in [3.05, 3.63) is 17.2 Å². The van der Waals surface area contributed by atoms with E-state index in [1.54, 1.807) is 12.1 Å². The van der Waals surface area contributed by atoms with Gasteiger partial charge in [0.15, 0.2) is 11.5 Å². The summed E-state index contributed by atoms with van der Waals surface area (Å²) in [6.45, 7) is 2.35. The number of anilines is 1. The quantitative estimate of drug-likeness (QED) is 0.869. The molecule has 1 aliphatic rings. The van der Waals surface area contributed by atoms with E-state index < -0.39 is 6.09 Å².